The summed E-state index contributed by atoms with van der Waals surface area (Å²) in [5, 5.41) is 12.3. The van der Waals surface area contributed by atoms with Gasteiger partial charge in [0.1, 0.15) is 5.54 Å². The quantitative estimate of drug-likeness (QED) is 0.749. The zero-order valence-corrected chi connectivity index (χ0v) is 11.9. The van der Waals surface area contributed by atoms with Crippen LogP contribution in [0.5, 0.6) is 0 Å². The molecule has 1 aromatic carbocycles. The van der Waals surface area contributed by atoms with Gasteiger partial charge in [0, 0.05) is 6.54 Å². The second-order valence-electron chi connectivity index (χ2n) is 5.01. The van der Waals surface area contributed by atoms with Crippen molar-refractivity contribution in [2.75, 3.05) is 6.54 Å². The highest BCUT2D eigenvalue weighted by molar-refractivity contribution is 5.85. The van der Waals surface area contributed by atoms with Crippen LogP contribution < -0.4 is 11.1 Å². The fourth-order valence-corrected chi connectivity index (χ4v) is 1.80. The number of carbonyl (C=O) groups excluding carboxylic acids is 1. The lowest BCUT2D eigenvalue weighted by atomic mass is 9.89. The fourth-order valence-electron chi connectivity index (χ4n) is 1.80. The van der Waals surface area contributed by atoms with Crippen LogP contribution in [-0.2, 0) is 16.5 Å². The molecule has 4 N–H and O–H groups in total. The summed E-state index contributed by atoms with van der Waals surface area (Å²) in [6.45, 7) is 3.19. The van der Waals surface area contributed by atoms with E-state index in [4.69, 9.17) is 5.73 Å². The number of primary amides is 1. The lowest BCUT2D eigenvalue weighted by Gasteiger charge is -2.29. The molecule has 0 aliphatic rings. The van der Waals surface area contributed by atoms with Gasteiger partial charge in [0.25, 0.3) is 0 Å². The number of hydrogen-bond acceptors (Lipinski definition) is 3. The Hall–Kier alpha value is -1.60. The van der Waals surface area contributed by atoms with Gasteiger partial charge in [-0.25, -0.2) is 0 Å². The van der Waals surface area contributed by atoms with E-state index in [1.54, 1.807) is 6.92 Å². The molecular weight excluding hydrogens is 285 g/mol. The summed E-state index contributed by atoms with van der Waals surface area (Å²) in [7, 11) is 0. The van der Waals surface area contributed by atoms with Crippen LogP contribution in [0, 0.1) is 0 Å². The number of alkyl halides is 3. The minimum atomic E-state index is -4.50. The third kappa shape index (κ3) is 4.18. The number of aliphatic hydroxyl groups excluding tert-OH is 1. The Balaban J connectivity index is 3.14. The molecule has 7 heteroatoms. The summed E-state index contributed by atoms with van der Waals surface area (Å²) in [6, 6.07) is 4.42. The third-order valence-corrected chi connectivity index (χ3v) is 3.42. The molecule has 2 atom stereocenters. The van der Waals surface area contributed by atoms with Gasteiger partial charge < -0.3 is 10.8 Å². The molecule has 0 heterocycles. The molecule has 118 valence electrons. The van der Waals surface area contributed by atoms with Crippen LogP contribution in [0.2, 0.25) is 0 Å². The normalized spacial score (nSPS) is 16.3. The first-order chi connectivity index (χ1) is 9.61. The zero-order chi connectivity index (χ0) is 16.3. The molecule has 4 nitrogen and oxygen atoms in total. The van der Waals surface area contributed by atoms with E-state index in [0.29, 0.717) is 6.42 Å². The number of halogens is 3. The van der Waals surface area contributed by atoms with Crippen LogP contribution in [0.25, 0.3) is 0 Å². The van der Waals surface area contributed by atoms with Crippen molar-refractivity contribution in [2.45, 2.75) is 38.1 Å². The number of aliphatic hydroxyl groups is 1. The Morgan fingerprint density at radius 2 is 1.95 bits per heavy atom. The Kier molecular flexibility index (Phi) is 5.36. The van der Waals surface area contributed by atoms with Crippen LogP contribution in [0.3, 0.4) is 0 Å². The molecule has 0 spiro atoms. The van der Waals surface area contributed by atoms with E-state index in [2.05, 4.69) is 5.32 Å². The van der Waals surface area contributed by atoms with E-state index in [1.165, 1.54) is 19.1 Å². The maximum atomic E-state index is 12.7. The number of rotatable bonds is 6. The predicted molar refractivity (Wildman–Crippen MR) is 72.3 cm³/mol. The van der Waals surface area contributed by atoms with E-state index in [-0.39, 0.29) is 12.1 Å². The average Bonchev–Trinajstić information content (AvgIpc) is 2.43. The number of carbonyl (C=O) groups is 1. The van der Waals surface area contributed by atoms with Crippen molar-refractivity contribution in [1.82, 2.24) is 5.32 Å². The van der Waals surface area contributed by atoms with Crippen LogP contribution in [0.15, 0.2) is 24.3 Å². The minimum Gasteiger partial charge on any atom is -0.392 e. The van der Waals surface area contributed by atoms with E-state index < -0.39 is 29.3 Å². The molecule has 0 saturated carbocycles. The van der Waals surface area contributed by atoms with Crippen LogP contribution >= 0.6 is 0 Å². The highest BCUT2D eigenvalue weighted by Gasteiger charge is 2.36. The van der Waals surface area contributed by atoms with Gasteiger partial charge in [0.05, 0.1) is 11.7 Å². The van der Waals surface area contributed by atoms with Gasteiger partial charge in [-0.15, -0.1) is 0 Å². The monoisotopic (exact) mass is 304 g/mol. The van der Waals surface area contributed by atoms with Gasteiger partial charge in [0.15, 0.2) is 0 Å². The average molecular weight is 304 g/mol. The molecule has 0 aliphatic heterocycles. The van der Waals surface area contributed by atoms with Gasteiger partial charge >= 0.3 is 6.18 Å². The van der Waals surface area contributed by atoms with Crippen molar-refractivity contribution < 1.29 is 23.1 Å². The van der Waals surface area contributed by atoms with Crippen molar-refractivity contribution in [1.29, 1.82) is 0 Å². The Bertz CT molecular complexity index is 505. The van der Waals surface area contributed by atoms with Gasteiger partial charge in [-0.05, 0) is 31.0 Å². The van der Waals surface area contributed by atoms with Gasteiger partial charge in [-0.2, -0.15) is 13.2 Å². The molecular formula is C14H19F3N2O2. The molecule has 1 rings (SSSR count). The lowest BCUT2D eigenvalue weighted by molar-refractivity contribution is -0.138. The maximum absolute atomic E-state index is 12.7. The van der Waals surface area contributed by atoms with Crippen molar-refractivity contribution in [3.63, 3.8) is 0 Å². The Morgan fingerprint density at radius 3 is 2.43 bits per heavy atom. The number of benzene rings is 1. The van der Waals surface area contributed by atoms with Crippen molar-refractivity contribution in [3.8, 4) is 0 Å². The van der Waals surface area contributed by atoms with Crippen molar-refractivity contribution in [2.24, 2.45) is 5.73 Å². The molecule has 0 radical (unpaired) electrons. The molecule has 0 saturated heterocycles. The first-order valence-corrected chi connectivity index (χ1v) is 6.52. The van der Waals surface area contributed by atoms with Gasteiger partial charge in [-0.3, -0.25) is 10.1 Å². The molecule has 21 heavy (non-hydrogen) atoms. The summed E-state index contributed by atoms with van der Waals surface area (Å²) < 4.78 is 38.2. The SMILES string of the molecule is CC[C@@H](O)CNC(C)(C(N)=O)c1cccc(C(F)(F)F)c1. The highest BCUT2D eigenvalue weighted by atomic mass is 19.4. The van der Waals surface area contributed by atoms with E-state index >= 15 is 0 Å². The summed E-state index contributed by atoms with van der Waals surface area (Å²) >= 11 is 0. The first kappa shape index (κ1) is 17.5. The molecule has 0 bridgehead atoms. The first-order valence-electron chi connectivity index (χ1n) is 6.52. The second kappa shape index (κ2) is 6.44. The largest absolute Gasteiger partial charge is 0.416 e. The standard InChI is InChI=1S/C14H19F3N2O2/c1-3-11(20)8-19-13(2,12(18)21)9-5-4-6-10(7-9)14(15,16)17/h4-7,11,19-20H,3,8H2,1-2H3,(H2,18,21)/t11-,13?/m1/s1. The summed E-state index contributed by atoms with van der Waals surface area (Å²) in [5.74, 6) is -0.815. The number of hydrogen-bond donors (Lipinski definition) is 3. The fraction of sp³-hybridized carbons (Fsp3) is 0.500. The Morgan fingerprint density at radius 1 is 1.38 bits per heavy atom. The number of amides is 1. The molecule has 0 aromatic heterocycles. The van der Waals surface area contributed by atoms with Crippen LogP contribution in [0.4, 0.5) is 13.2 Å². The minimum absolute atomic E-state index is 0.0478. The smallest absolute Gasteiger partial charge is 0.392 e. The van der Waals surface area contributed by atoms with Gasteiger partial charge in [0.2, 0.25) is 5.91 Å². The highest BCUT2D eigenvalue weighted by Crippen LogP contribution is 2.32. The topological polar surface area (TPSA) is 75.3 Å². The molecule has 1 amide bonds. The number of nitrogens with one attached hydrogen (secondary N) is 1. The number of nitrogens with two attached hydrogens (primary N) is 1. The van der Waals surface area contributed by atoms with E-state index in [9.17, 15) is 23.1 Å². The predicted octanol–water partition coefficient (Wildman–Crippen LogP) is 1.77. The van der Waals surface area contributed by atoms with Crippen LogP contribution in [0.1, 0.15) is 31.4 Å². The summed E-state index contributed by atoms with van der Waals surface area (Å²) in [5.41, 5.74) is 3.09. The Labute approximate surface area is 121 Å². The van der Waals surface area contributed by atoms with Crippen molar-refractivity contribution >= 4 is 5.91 Å². The molecule has 1 unspecified atom stereocenters. The maximum Gasteiger partial charge on any atom is 0.416 e. The molecule has 0 aliphatic carbocycles. The second-order valence-corrected chi connectivity index (χ2v) is 5.01. The van der Waals surface area contributed by atoms with E-state index in [1.807, 2.05) is 0 Å². The van der Waals surface area contributed by atoms with Crippen LogP contribution in [-0.4, -0.2) is 23.7 Å². The lowest BCUT2D eigenvalue weighted by Crippen LogP contribution is -2.52. The summed E-state index contributed by atoms with van der Waals surface area (Å²) in [6.07, 6.45) is -4.77. The third-order valence-electron chi connectivity index (χ3n) is 3.42. The molecule has 1 aromatic rings. The van der Waals surface area contributed by atoms with E-state index in [0.717, 1.165) is 12.1 Å². The molecule has 0 fully saturated rings. The zero-order valence-electron chi connectivity index (χ0n) is 11.9. The van der Waals surface area contributed by atoms with Gasteiger partial charge in [-0.1, -0.05) is 19.1 Å². The summed E-state index contributed by atoms with van der Waals surface area (Å²) in [4.78, 5) is 11.7. The van der Waals surface area contributed by atoms with Crippen molar-refractivity contribution in [3.05, 3.63) is 35.4 Å².